The predicted molar refractivity (Wildman–Crippen MR) is 61.5 cm³/mol. The molecular formula is C11H19NOS. The van der Waals surface area contributed by atoms with E-state index in [0.29, 0.717) is 6.54 Å². The summed E-state index contributed by atoms with van der Waals surface area (Å²) in [7, 11) is 0. The molecule has 1 aromatic heterocycles. The second-order valence-corrected chi connectivity index (χ2v) is 4.48. The Bertz CT molecular complexity index is 272. The smallest absolute Gasteiger partial charge is 0.0840 e. The van der Waals surface area contributed by atoms with Gasteiger partial charge in [-0.3, -0.25) is 0 Å². The van der Waals surface area contributed by atoms with E-state index in [1.807, 2.05) is 12.3 Å². The Labute approximate surface area is 89.8 Å². The van der Waals surface area contributed by atoms with Crippen LogP contribution in [0.4, 0.5) is 0 Å². The van der Waals surface area contributed by atoms with E-state index < -0.39 is 0 Å². The lowest BCUT2D eigenvalue weighted by Gasteiger charge is -2.20. The van der Waals surface area contributed by atoms with Crippen LogP contribution < -0.4 is 5.73 Å². The second kappa shape index (κ2) is 5.49. The highest BCUT2D eigenvalue weighted by Crippen LogP contribution is 2.29. The van der Waals surface area contributed by atoms with Crippen molar-refractivity contribution in [1.82, 2.24) is 0 Å². The molecule has 0 bridgehead atoms. The van der Waals surface area contributed by atoms with Crippen molar-refractivity contribution in [2.45, 2.75) is 32.8 Å². The molecule has 0 radical (unpaired) electrons. The average Bonchev–Trinajstić information content (AvgIpc) is 2.59. The maximum atomic E-state index is 10.1. The van der Waals surface area contributed by atoms with Crippen molar-refractivity contribution in [2.24, 2.45) is 11.7 Å². The third-order valence-corrected chi connectivity index (χ3v) is 3.50. The zero-order chi connectivity index (χ0) is 10.6. The molecule has 3 heteroatoms. The molecule has 0 aromatic carbocycles. The molecule has 0 fully saturated rings. The molecule has 0 saturated carbocycles. The van der Waals surface area contributed by atoms with Crippen LogP contribution in [0.5, 0.6) is 0 Å². The Morgan fingerprint density at radius 1 is 1.50 bits per heavy atom. The van der Waals surface area contributed by atoms with Crippen molar-refractivity contribution < 1.29 is 5.11 Å². The summed E-state index contributed by atoms with van der Waals surface area (Å²) in [5, 5.41) is 14.2. The maximum Gasteiger partial charge on any atom is 0.0840 e. The summed E-state index contributed by atoms with van der Waals surface area (Å²) in [6.45, 7) is 4.72. The van der Waals surface area contributed by atoms with Crippen LogP contribution in [0.1, 0.15) is 37.0 Å². The zero-order valence-electron chi connectivity index (χ0n) is 8.86. The van der Waals surface area contributed by atoms with Gasteiger partial charge in [-0.05, 0) is 41.8 Å². The lowest BCUT2D eigenvalue weighted by molar-refractivity contribution is 0.106. The minimum atomic E-state index is -0.383. The highest BCUT2D eigenvalue weighted by Gasteiger charge is 2.20. The fourth-order valence-electron chi connectivity index (χ4n) is 1.70. The third-order valence-electron chi connectivity index (χ3n) is 2.62. The van der Waals surface area contributed by atoms with Crippen molar-refractivity contribution in [2.75, 3.05) is 6.54 Å². The van der Waals surface area contributed by atoms with E-state index >= 15 is 0 Å². The van der Waals surface area contributed by atoms with Crippen molar-refractivity contribution >= 4 is 11.3 Å². The summed E-state index contributed by atoms with van der Waals surface area (Å²) in [6, 6.07) is 0. The molecule has 1 heterocycles. The van der Waals surface area contributed by atoms with Gasteiger partial charge in [0.25, 0.3) is 0 Å². The number of aliphatic hydroxyl groups is 1. The Morgan fingerprint density at radius 2 is 2.21 bits per heavy atom. The zero-order valence-corrected chi connectivity index (χ0v) is 9.68. The number of thiophene rings is 1. The first-order chi connectivity index (χ1) is 6.70. The molecule has 0 amide bonds. The van der Waals surface area contributed by atoms with Crippen molar-refractivity contribution in [3.05, 3.63) is 21.9 Å². The monoisotopic (exact) mass is 213 g/mol. The van der Waals surface area contributed by atoms with E-state index in [4.69, 9.17) is 5.73 Å². The Hall–Kier alpha value is -0.380. The maximum absolute atomic E-state index is 10.1. The Morgan fingerprint density at radius 3 is 2.64 bits per heavy atom. The second-order valence-electron chi connectivity index (χ2n) is 3.74. The summed E-state index contributed by atoms with van der Waals surface area (Å²) in [4.78, 5) is 0. The molecule has 14 heavy (non-hydrogen) atoms. The van der Waals surface area contributed by atoms with Gasteiger partial charge in [0.1, 0.15) is 0 Å². The number of aryl methyl sites for hydroxylation is 1. The highest BCUT2D eigenvalue weighted by molar-refractivity contribution is 7.08. The summed E-state index contributed by atoms with van der Waals surface area (Å²) in [5.74, 6) is 0.202. The molecule has 3 N–H and O–H groups in total. The van der Waals surface area contributed by atoms with Gasteiger partial charge < -0.3 is 10.8 Å². The van der Waals surface area contributed by atoms with Gasteiger partial charge >= 0.3 is 0 Å². The first kappa shape index (κ1) is 11.7. The van der Waals surface area contributed by atoms with Crippen LogP contribution in [0.3, 0.4) is 0 Å². The molecule has 2 unspecified atom stereocenters. The van der Waals surface area contributed by atoms with Crippen molar-refractivity contribution in [3.63, 3.8) is 0 Å². The predicted octanol–water partition coefficient (Wildman–Crippen LogP) is 2.46. The number of hydrogen-bond acceptors (Lipinski definition) is 3. The van der Waals surface area contributed by atoms with Crippen LogP contribution in [0.25, 0.3) is 0 Å². The van der Waals surface area contributed by atoms with E-state index in [0.717, 1.165) is 18.4 Å². The van der Waals surface area contributed by atoms with Gasteiger partial charge in [-0.15, -0.1) is 0 Å². The largest absolute Gasteiger partial charge is 0.388 e. The minimum absolute atomic E-state index is 0.202. The van der Waals surface area contributed by atoms with Crippen molar-refractivity contribution in [1.29, 1.82) is 0 Å². The molecule has 2 atom stereocenters. The average molecular weight is 213 g/mol. The lowest BCUT2D eigenvalue weighted by Crippen LogP contribution is -2.22. The fraction of sp³-hybridized carbons (Fsp3) is 0.636. The highest BCUT2D eigenvalue weighted by atomic mass is 32.1. The number of hydrogen-bond donors (Lipinski definition) is 2. The van der Waals surface area contributed by atoms with Gasteiger partial charge in [-0.2, -0.15) is 11.3 Å². The van der Waals surface area contributed by atoms with Crippen molar-refractivity contribution in [3.8, 4) is 0 Å². The number of nitrogens with two attached hydrogens (primary N) is 1. The lowest BCUT2D eigenvalue weighted by atomic mass is 9.92. The molecule has 0 aliphatic rings. The third kappa shape index (κ3) is 2.56. The first-order valence-electron chi connectivity index (χ1n) is 5.11. The van der Waals surface area contributed by atoms with E-state index in [1.165, 1.54) is 5.56 Å². The molecule has 80 valence electrons. The van der Waals surface area contributed by atoms with E-state index in [2.05, 4.69) is 12.3 Å². The van der Waals surface area contributed by atoms with Gasteiger partial charge in [-0.1, -0.05) is 13.3 Å². The topological polar surface area (TPSA) is 46.2 Å². The number of rotatable bonds is 5. The van der Waals surface area contributed by atoms with E-state index in [9.17, 15) is 5.11 Å². The van der Waals surface area contributed by atoms with Crippen LogP contribution in [-0.2, 0) is 0 Å². The summed E-state index contributed by atoms with van der Waals surface area (Å²) in [5.41, 5.74) is 7.89. The van der Waals surface area contributed by atoms with Gasteiger partial charge in [-0.25, -0.2) is 0 Å². The molecule has 0 aliphatic carbocycles. The fourth-order valence-corrected chi connectivity index (χ4v) is 2.58. The van der Waals surface area contributed by atoms with Gasteiger partial charge in [0.2, 0.25) is 0 Å². The molecule has 2 nitrogen and oxygen atoms in total. The molecule has 1 aromatic rings. The minimum Gasteiger partial charge on any atom is -0.388 e. The van der Waals surface area contributed by atoms with Crippen LogP contribution in [0.15, 0.2) is 10.8 Å². The molecule has 0 aliphatic heterocycles. The quantitative estimate of drug-likeness (QED) is 0.789. The normalized spacial score (nSPS) is 15.4. The Kier molecular flexibility index (Phi) is 4.58. The summed E-state index contributed by atoms with van der Waals surface area (Å²) in [6.07, 6.45) is 1.68. The summed E-state index contributed by atoms with van der Waals surface area (Å²) >= 11 is 1.64. The van der Waals surface area contributed by atoms with Crippen LogP contribution >= 0.6 is 11.3 Å². The molecule has 1 rings (SSSR count). The Balaban J connectivity index is 2.72. The van der Waals surface area contributed by atoms with Crippen LogP contribution in [0.2, 0.25) is 0 Å². The van der Waals surface area contributed by atoms with Crippen LogP contribution in [0, 0.1) is 12.8 Å². The standard InChI is InChI=1S/C11H19NOS/c1-3-4-9(5-12)11(13)10-7-14-6-8(10)2/h6-7,9,11,13H,3-5,12H2,1-2H3. The van der Waals surface area contributed by atoms with Gasteiger partial charge in [0, 0.05) is 5.92 Å². The van der Waals surface area contributed by atoms with Gasteiger partial charge in [0.05, 0.1) is 6.10 Å². The first-order valence-corrected chi connectivity index (χ1v) is 6.05. The SMILES string of the molecule is CCCC(CN)C(O)c1cscc1C. The molecular weight excluding hydrogens is 194 g/mol. The van der Waals surface area contributed by atoms with Crippen LogP contribution in [-0.4, -0.2) is 11.7 Å². The molecule has 0 spiro atoms. The number of aliphatic hydroxyl groups excluding tert-OH is 1. The summed E-state index contributed by atoms with van der Waals surface area (Å²) < 4.78 is 0. The van der Waals surface area contributed by atoms with E-state index in [-0.39, 0.29) is 12.0 Å². The van der Waals surface area contributed by atoms with E-state index in [1.54, 1.807) is 11.3 Å². The van der Waals surface area contributed by atoms with Gasteiger partial charge in [0.15, 0.2) is 0 Å². The molecule has 0 saturated heterocycles.